The maximum atomic E-state index is 11.5. The summed E-state index contributed by atoms with van der Waals surface area (Å²) in [6, 6.07) is 5.56. The zero-order chi connectivity index (χ0) is 14.2. The summed E-state index contributed by atoms with van der Waals surface area (Å²) in [5, 5.41) is 0. The number of amides is 1. The van der Waals surface area contributed by atoms with Gasteiger partial charge in [-0.3, -0.25) is 4.79 Å². The van der Waals surface area contributed by atoms with E-state index in [-0.39, 0.29) is 0 Å². The number of carbonyl (C=O) groups is 1. The second-order valence-electron chi connectivity index (χ2n) is 5.02. The van der Waals surface area contributed by atoms with Gasteiger partial charge in [-0.25, -0.2) is 0 Å². The predicted octanol–water partition coefficient (Wildman–Crippen LogP) is 2.32. The normalized spacial score (nSPS) is 26.1. The molecule has 4 heteroatoms. The maximum Gasteiger partial charge on any atom is 0.246 e. The van der Waals surface area contributed by atoms with E-state index in [4.69, 9.17) is 11.5 Å². The van der Waals surface area contributed by atoms with Crippen molar-refractivity contribution in [1.29, 1.82) is 0 Å². The van der Waals surface area contributed by atoms with E-state index in [9.17, 15) is 4.79 Å². The van der Waals surface area contributed by atoms with Gasteiger partial charge in [0.05, 0.1) is 0 Å². The molecule has 1 aliphatic rings. The molecule has 19 heavy (non-hydrogen) atoms. The first-order valence-corrected chi connectivity index (χ1v) is 6.87. The summed E-state index contributed by atoms with van der Waals surface area (Å²) in [4.78, 5) is 11.5. The van der Waals surface area contributed by atoms with Crippen molar-refractivity contribution >= 4 is 21.8 Å². The van der Waals surface area contributed by atoms with Crippen molar-refractivity contribution in [3.8, 4) is 0 Å². The minimum atomic E-state index is -0.462. The van der Waals surface area contributed by atoms with Gasteiger partial charge in [-0.1, -0.05) is 53.2 Å². The van der Waals surface area contributed by atoms with Crippen LogP contribution in [0.4, 0.5) is 0 Å². The Balaban J connectivity index is 2.55. The Morgan fingerprint density at radius 1 is 1.42 bits per heavy atom. The Bertz CT molecular complexity index is 592. The molecule has 3 nitrogen and oxygen atoms in total. The zero-order valence-corrected chi connectivity index (χ0v) is 12.6. The highest BCUT2D eigenvalue weighted by molar-refractivity contribution is 9.10. The van der Waals surface area contributed by atoms with Crippen LogP contribution in [0.5, 0.6) is 0 Å². The molecule has 0 saturated heterocycles. The van der Waals surface area contributed by atoms with Gasteiger partial charge in [-0.05, 0) is 24.1 Å². The third-order valence-corrected chi connectivity index (χ3v) is 4.69. The topological polar surface area (TPSA) is 69.1 Å². The Labute approximate surface area is 121 Å². The van der Waals surface area contributed by atoms with Gasteiger partial charge < -0.3 is 11.5 Å². The summed E-state index contributed by atoms with van der Waals surface area (Å²) in [5.74, 6) is -0.462. The first-order valence-electron chi connectivity index (χ1n) is 6.08. The Morgan fingerprint density at radius 3 is 2.74 bits per heavy atom. The SMILES string of the molecule is Cc1c(Br)cccc1C1(C)C=CC=C(C(N)=O)C1N. The van der Waals surface area contributed by atoms with Crippen LogP contribution in [-0.2, 0) is 10.2 Å². The lowest BCUT2D eigenvalue weighted by Crippen LogP contribution is -2.47. The Hall–Kier alpha value is -1.39. The van der Waals surface area contributed by atoms with Crippen LogP contribution in [0, 0.1) is 6.92 Å². The molecule has 0 heterocycles. The molecule has 0 aromatic heterocycles. The summed E-state index contributed by atoms with van der Waals surface area (Å²) < 4.78 is 1.03. The molecule has 1 amide bonds. The maximum absolute atomic E-state index is 11.5. The van der Waals surface area contributed by atoms with Crippen molar-refractivity contribution in [2.75, 3.05) is 0 Å². The van der Waals surface area contributed by atoms with Crippen molar-refractivity contribution in [2.45, 2.75) is 25.3 Å². The van der Waals surface area contributed by atoms with Crippen LogP contribution in [0.2, 0.25) is 0 Å². The molecule has 2 unspecified atom stereocenters. The van der Waals surface area contributed by atoms with E-state index in [0.29, 0.717) is 5.57 Å². The number of primary amides is 1. The van der Waals surface area contributed by atoms with Gasteiger partial charge in [0.1, 0.15) is 0 Å². The van der Waals surface area contributed by atoms with Gasteiger partial charge in [-0.2, -0.15) is 0 Å². The third-order valence-electron chi connectivity index (χ3n) is 3.83. The number of hydrogen-bond donors (Lipinski definition) is 2. The van der Waals surface area contributed by atoms with Crippen LogP contribution < -0.4 is 11.5 Å². The zero-order valence-electron chi connectivity index (χ0n) is 11.0. The lowest BCUT2D eigenvalue weighted by atomic mass is 9.69. The number of carbonyl (C=O) groups excluding carboxylic acids is 1. The molecule has 100 valence electrons. The number of nitrogens with two attached hydrogens (primary N) is 2. The van der Waals surface area contributed by atoms with E-state index >= 15 is 0 Å². The summed E-state index contributed by atoms with van der Waals surface area (Å²) in [6.07, 6.45) is 5.57. The summed E-state index contributed by atoms with van der Waals surface area (Å²) in [7, 11) is 0. The Morgan fingerprint density at radius 2 is 2.11 bits per heavy atom. The quantitative estimate of drug-likeness (QED) is 0.878. The standard InChI is InChI=1S/C15H17BrN2O/c1-9-11(6-3-7-12(9)16)15(2)8-4-5-10(13(15)17)14(18)19/h3-8,13H,17H2,1-2H3,(H2,18,19). The number of hydrogen-bond acceptors (Lipinski definition) is 2. The van der Waals surface area contributed by atoms with Gasteiger partial charge in [0.2, 0.25) is 5.91 Å². The molecular weight excluding hydrogens is 304 g/mol. The lowest BCUT2D eigenvalue weighted by molar-refractivity contribution is -0.114. The molecule has 0 saturated carbocycles. The number of halogens is 1. The highest BCUT2D eigenvalue weighted by atomic mass is 79.9. The monoisotopic (exact) mass is 320 g/mol. The second kappa shape index (κ2) is 4.94. The summed E-state index contributed by atoms with van der Waals surface area (Å²) in [6.45, 7) is 4.06. The van der Waals surface area contributed by atoms with Crippen molar-refractivity contribution in [3.63, 3.8) is 0 Å². The van der Waals surface area contributed by atoms with Crippen molar-refractivity contribution in [3.05, 3.63) is 57.6 Å². The first-order chi connectivity index (χ1) is 8.88. The van der Waals surface area contributed by atoms with E-state index < -0.39 is 17.4 Å². The van der Waals surface area contributed by atoms with Crippen LogP contribution in [0.3, 0.4) is 0 Å². The van der Waals surface area contributed by atoms with E-state index in [1.807, 2.05) is 44.2 Å². The van der Waals surface area contributed by atoms with Crippen molar-refractivity contribution in [1.82, 2.24) is 0 Å². The number of rotatable bonds is 2. The molecule has 2 rings (SSSR count). The first kappa shape index (κ1) is 14.0. The second-order valence-corrected chi connectivity index (χ2v) is 5.87. The van der Waals surface area contributed by atoms with Gasteiger partial charge in [0.25, 0.3) is 0 Å². The third kappa shape index (κ3) is 2.26. The fourth-order valence-electron chi connectivity index (χ4n) is 2.57. The van der Waals surface area contributed by atoms with E-state index in [2.05, 4.69) is 15.9 Å². The molecule has 1 aromatic carbocycles. The molecule has 0 radical (unpaired) electrons. The van der Waals surface area contributed by atoms with E-state index in [0.717, 1.165) is 15.6 Å². The average molecular weight is 321 g/mol. The van der Waals surface area contributed by atoms with Crippen LogP contribution >= 0.6 is 15.9 Å². The van der Waals surface area contributed by atoms with Crippen LogP contribution in [0.1, 0.15) is 18.1 Å². The van der Waals surface area contributed by atoms with Gasteiger partial charge in [0.15, 0.2) is 0 Å². The molecule has 0 spiro atoms. The van der Waals surface area contributed by atoms with Gasteiger partial charge in [0, 0.05) is 21.5 Å². The largest absolute Gasteiger partial charge is 0.366 e. The fourth-order valence-corrected chi connectivity index (χ4v) is 2.93. The molecule has 1 aromatic rings. The predicted molar refractivity (Wildman–Crippen MR) is 80.6 cm³/mol. The molecule has 0 aliphatic heterocycles. The fraction of sp³-hybridized carbons (Fsp3) is 0.267. The summed E-state index contributed by atoms with van der Waals surface area (Å²) in [5.41, 5.74) is 13.9. The Kier molecular flexibility index (Phi) is 3.65. The minimum Gasteiger partial charge on any atom is -0.366 e. The van der Waals surface area contributed by atoms with E-state index in [1.165, 1.54) is 0 Å². The van der Waals surface area contributed by atoms with E-state index in [1.54, 1.807) is 6.08 Å². The summed E-state index contributed by atoms with van der Waals surface area (Å²) >= 11 is 3.53. The number of allylic oxidation sites excluding steroid dienone is 2. The van der Waals surface area contributed by atoms with Crippen molar-refractivity contribution < 1.29 is 4.79 Å². The molecule has 1 aliphatic carbocycles. The van der Waals surface area contributed by atoms with Crippen LogP contribution in [0.25, 0.3) is 0 Å². The molecule has 0 fully saturated rings. The smallest absolute Gasteiger partial charge is 0.246 e. The average Bonchev–Trinajstić information content (AvgIpc) is 2.35. The van der Waals surface area contributed by atoms with Gasteiger partial charge in [-0.15, -0.1) is 0 Å². The number of benzene rings is 1. The molecule has 2 atom stereocenters. The molecular formula is C15H17BrN2O. The molecule has 4 N–H and O–H groups in total. The minimum absolute atomic E-state index is 0.438. The molecule has 0 bridgehead atoms. The highest BCUT2D eigenvalue weighted by Gasteiger charge is 2.38. The van der Waals surface area contributed by atoms with Crippen LogP contribution in [-0.4, -0.2) is 11.9 Å². The lowest BCUT2D eigenvalue weighted by Gasteiger charge is -2.37. The van der Waals surface area contributed by atoms with Crippen molar-refractivity contribution in [2.24, 2.45) is 11.5 Å². The highest BCUT2D eigenvalue weighted by Crippen LogP contribution is 2.37. The van der Waals surface area contributed by atoms with Crippen LogP contribution in [0.15, 0.2) is 46.5 Å². The van der Waals surface area contributed by atoms with Gasteiger partial charge >= 0.3 is 0 Å².